The molecule has 0 saturated carbocycles. The maximum atomic E-state index is 13.8. The van der Waals surface area contributed by atoms with Gasteiger partial charge in [-0.1, -0.05) is 6.07 Å². The quantitative estimate of drug-likeness (QED) is 0.806. The molecule has 0 bridgehead atoms. The van der Waals surface area contributed by atoms with Crippen LogP contribution < -0.4 is 4.74 Å². The van der Waals surface area contributed by atoms with Crippen LogP contribution >= 0.6 is 0 Å². The molecule has 0 N–H and O–H groups in total. The van der Waals surface area contributed by atoms with Gasteiger partial charge in [0.15, 0.2) is 11.6 Å². The van der Waals surface area contributed by atoms with E-state index in [0.717, 1.165) is 43.6 Å². The van der Waals surface area contributed by atoms with Gasteiger partial charge in [0, 0.05) is 31.9 Å². The Morgan fingerprint density at radius 3 is 2.92 bits per heavy atom. The van der Waals surface area contributed by atoms with Crippen LogP contribution in [0.2, 0.25) is 0 Å². The molecule has 1 fully saturated rings. The predicted molar refractivity (Wildman–Crippen MR) is 94.2 cm³/mol. The minimum atomic E-state index is -0.321. The van der Waals surface area contributed by atoms with Crippen LogP contribution in [0.5, 0.6) is 5.75 Å². The number of ether oxygens (including phenoxy) is 2. The molecule has 1 aliphatic rings. The largest absolute Gasteiger partial charge is 0.494 e. The van der Waals surface area contributed by atoms with E-state index in [-0.39, 0.29) is 11.4 Å². The zero-order valence-corrected chi connectivity index (χ0v) is 15.2. The Morgan fingerprint density at radius 2 is 2.24 bits per heavy atom. The highest BCUT2D eigenvalue weighted by molar-refractivity contribution is 5.29. The molecule has 5 nitrogen and oxygen atoms in total. The SMILES string of the molecule is COc1ccc(CCCN2CCO[C@](C)(c3cnn(C)c3)C2)cc1F. The summed E-state index contributed by atoms with van der Waals surface area (Å²) >= 11 is 0. The molecule has 0 spiro atoms. The van der Waals surface area contributed by atoms with Crippen molar-refractivity contribution in [1.29, 1.82) is 0 Å². The highest BCUT2D eigenvalue weighted by atomic mass is 19.1. The Morgan fingerprint density at radius 1 is 1.40 bits per heavy atom. The smallest absolute Gasteiger partial charge is 0.165 e. The number of methoxy groups -OCH3 is 1. The molecule has 6 heteroatoms. The summed E-state index contributed by atoms with van der Waals surface area (Å²) in [4.78, 5) is 2.41. The molecular formula is C19H26FN3O2. The lowest BCUT2D eigenvalue weighted by molar-refractivity contribution is -0.103. The Balaban J connectivity index is 1.54. The summed E-state index contributed by atoms with van der Waals surface area (Å²) in [5, 5.41) is 4.26. The summed E-state index contributed by atoms with van der Waals surface area (Å²) in [6, 6.07) is 5.19. The Kier molecular flexibility index (Phi) is 5.39. The van der Waals surface area contributed by atoms with Gasteiger partial charge in [0.1, 0.15) is 5.60 Å². The van der Waals surface area contributed by atoms with Gasteiger partial charge in [0.2, 0.25) is 0 Å². The van der Waals surface area contributed by atoms with Crippen LogP contribution in [0.15, 0.2) is 30.6 Å². The second kappa shape index (κ2) is 7.54. The van der Waals surface area contributed by atoms with E-state index >= 15 is 0 Å². The van der Waals surface area contributed by atoms with E-state index in [2.05, 4.69) is 16.9 Å². The molecule has 1 aromatic carbocycles. The first-order valence-electron chi connectivity index (χ1n) is 8.68. The van der Waals surface area contributed by atoms with Gasteiger partial charge in [-0.25, -0.2) is 4.39 Å². The summed E-state index contributed by atoms with van der Waals surface area (Å²) in [7, 11) is 3.40. The van der Waals surface area contributed by atoms with Crippen LogP contribution in [0.25, 0.3) is 0 Å². The van der Waals surface area contributed by atoms with Crippen LogP contribution in [0, 0.1) is 5.82 Å². The Labute approximate surface area is 148 Å². The molecule has 1 aromatic heterocycles. The third-order valence-electron chi connectivity index (χ3n) is 4.82. The number of aromatic nitrogens is 2. The summed E-state index contributed by atoms with van der Waals surface area (Å²) in [6.07, 6.45) is 5.73. The monoisotopic (exact) mass is 347 g/mol. The first kappa shape index (κ1) is 17.9. The number of nitrogens with zero attached hydrogens (tertiary/aromatic N) is 3. The minimum absolute atomic E-state index is 0.296. The van der Waals surface area contributed by atoms with Gasteiger partial charge in [-0.3, -0.25) is 9.58 Å². The third kappa shape index (κ3) is 4.19. The fourth-order valence-electron chi connectivity index (χ4n) is 3.38. The van der Waals surface area contributed by atoms with E-state index in [4.69, 9.17) is 9.47 Å². The second-order valence-corrected chi connectivity index (χ2v) is 6.83. The van der Waals surface area contributed by atoms with Crippen molar-refractivity contribution in [1.82, 2.24) is 14.7 Å². The molecule has 1 atom stereocenters. The summed E-state index contributed by atoms with van der Waals surface area (Å²) in [5.41, 5.74) is 1.79. The topological polar surface area (TPSA) is 39.5 Å². The number of rotatable bonds is 6. The second-order valence-electron chi connectivity index (χ2n) is 6.83. The van der Waals surface area contributed by atoms with Gasteiger partial charge in [-0.2, -0.15) is 5.10 Å². The van der Waals surface area contributed by atoms with Crippen LogP contribution in [0.3, 0.4) is 0 Å². The average molecular weight is 347 g/mol. The molecule has 136 valence electrons. The maximum Gasteiger partial charge on any atom is 0.165 e. The third-order valence-corrected chi connectivity index (χ3v) is 4.82. The van der Waals surface area contributed by atoms with Crippen molar-refractivity contribution in [2.75, 3.05) is 33.4 Å². The molecule has 0 radical (unpaired) electrons. The van der Waals surface area contributed by atoms with E-state index in [1.807, 2.05) is 25.5 Å². The molecule has 0 unspecified atom stereocenters. The van der Waals surface area contributed by atoms with Gasteiger partial charge in [0.25, 0.3) is 0 Å². The van der Waals surface area contributed by atoms with Crippen LogP contribution in [0.4, 0.5) is 4.39 Å². The molecule has 3 rings (SSSR count). The van der Waals surface area contributed by atoms with Crippen molar-refractivity contribution < 1.29 is 13.9 Å². The van der Waals surface area contributed by atoms with Crippen molar-refractivity contribution >= 4 is 0 Å². The van der Waals surface area contributed by atoms with E-state index in [9.17, 15) is 4.39 Å². The van der Waals surface area contributed by atoms with Crippen molar-refractivity contribution in [2.24, 2.45) is 7.05 Å². The van der Waals surface area contributed by atoms with Crippen molar-refractivity contribution in [3.8, 4) is 5.75 Å². The predicted octanol–water partition coefficient (Wildman–Crippen LogP) is 2.75. The summed E-state index contributed by atoms with van der Waals surface area (Å²) in [6.45, 7) is 5.56. The molecule has 2 aromatic rings. The first-order chi connectivity index (χ1) is 12.0. The fourth-order valence-corrected chi connectivity index (χ4v) is 3.38. The number of morpholine rings is 1. The molecule has 25 heavy (non-hydrogen) atoms. The van der Waals surface area contributed by atoms with Gasteiger partial charge in [-0.05, 0) is 44.0 Å². The number of hydrogen-bond acceptors (Lipinski definition) is 4. The molecule has 1 aliphatic heterocycles. The summed E-state index contributed by atoms with van der Waals surface area (Å²) < 4.78 is 26.6. The van der Waals surface area contributed by atoms with E-state index in [1.165, 1.54) is 7.11 Å². The minimum Gasteiger partial charge on any atom is -0.494 e. The van der Waals surface area contributed by atoms with Crippen LogP contribution in [0.1, 0.15) is 24.5 Å². The van der Waals surface area contributed by atoms with Crippen molar-refractivity contribution in [3.05, 3.63) is 47.5 Å². The number of hydrogen-bond donors (Lipinski definition) is 0. The Hall–Kier alpha value is -1.92. The molecule has 0 amide bonds. The van der Waals surface area contributed by atoms with Crippen LogP contribution in [-0.2, 0) is 23.8 Å². The van der Waals surface area contributed by atoms with E-state index in [1.54, 1.807) is 16.8 Å². The first-order valence-corrected chi connectivity index (χ1v) is 8.68. The number of benzene rings is 1. The number of halogens is 1. The van der Waals surface area contributed by atoms with Gasteiger partial charge >= 0.3 is 0 Å². The van der Waals surface area contributed by atoms with Gasteiger partial charge < -0.3 is 9.47 Å². The fraction of sp³-hybridized carbons (Fsp3) is 0.526. The van der Waals surface area contributed by atoms with Gasteiger partial charge in [-0.15, -0.1) is 0 Å². The van der Waals surface area contributed by atoms with E-state index < -0.39 is 0 Å². The van der Waals surface area contributed by atoms with Crippen molar-refractivity contribution in [3.63, 3.8) is 0 Å². The van der Waals surface area contributed by atoms with E-state index in [0.29, 0.717) is 12.4 Å². The standard InChI is InChI=1S/C19H26FN3O2/c1-19(16-12-21-22(2)13-16)14-23(9-10-25-19)8-4-5-15-6-7-18(24-3)17(20)11-15/h6-7,11-13H,4-5,8-10,14H2,1-3H3/t19-/m0/s1. The normalized spacial score (nSPS) is 21.4. The number of aryl methyl sites for hydroxylation is 2. The molecule has 1 saturated heterocycles. The van der Waals surface area contributed by atoms with Crippen molar-refractivity contribution in [2.45, 2.75) is 25.4 Å². The lowest BCUT2D eigenvalue weighted by Crippen LogP contribution is -2.48. The highest BCUT2D eigenvalue weighted by Gasteiger charge is 2.34. The maximum absolute atomic E-state index is 13.8. The average Bonchev–Trinajstić information content (AvgIpc) is 3.03. The zero-order chi connectivity index (χ0) is 17.9. The lowest BCUT2D eigenvalue weighted by Gasteiger charge is -2.40. The Bertz CT molecular complexity index is 718. The lowest BCUT2D eigenvalue weighted by atomic mass is 9.96. The van der Waals surface area contributed by atoms with Crippen LogP contribution in [-0.4, -0.2) is 48.0 Å². The zero-order valence-electron chi connectivity index (χ0n) is 15.2. The highest BCUT2D eigenvalue weighted by Crippen LogP contribution is 2.29. The molecule has 0 aliphatic carbocycles. The molecular weight excluding hydrogens is 321 g/mol. The summed E-state index contributed by atoms with van der Waals surface area (Å²) in [5.74, 6) is -0.000285. The molecule has 2 heterocycles. The van der Waals surface area contributed by atoms with Gasteiger partial charge in [0.05, 0.1) is 19.9 Å².